The van der Waals surface area contributed by atoms with Gasteiger partial charge >= 0.3 is 0 Å². The number of aromatic hydroxyl groups is 1. The van der Waals surface area contributed by atoms with Gasteiger partial charge in [-0.15, -0.1) is 0 Å². The first-order chi connectivity index (χ1) is 9.24. The maximum atomic E-state index is 9.66. The summed E-state index contributed by atoms with van der Waals surface area (Å²) in [6, 6.07) is 13.9. The molecule has 1 unspecified atom stereocenters. The predicted octanol–water partition coefficient (Wildman–Crippen LogP) is 3.19. The van der Waals surface area contributed by atoms with Gasteiger partial charge in [0.15, 0.2) is 0 Å². The minimum atomic E-state index is 0.0811. The van der Waals surface area contributed by atoms with Crippen molar-refractivity contribution in [3.8, 4) is 17.6 Å². The van der Waals surface area contributed by atoms with Crippen LogP contribution in [0.5, 0.6) is 5.75 Å². The largest absolute Gasteiger partial charge is 0.507 e. The zero-order valence-corrected chi connectivity index (χ0v) is 12.3. The summed E-state index contributed by atoms with van der Waals surface area (Å²) >= 11 is 2.10. The highest BCUT2D eigenvalue weighted by Gasteiger charge is 2.18. The van der Waals surface area contributed by atoms with Crippen molar-refractivity contribution in [1.82, 2.24) is 5.32 Å². The third-order valence-electron chi connectivity index (χ3n) is 3.17. The summed E-state index contributed by atoms with van der Waals surface area (Å²) in [6.45, 7) is 0.869. The quantitative estimate of drug-likeness (QED) is 0.558. The normalized spacial score (nSPS) is 16.6. The van der Waals surface area contributed by atoms with Gasteiger partial charge in [0.1, 0.15) is 5.75 Å². The van der Waals surface area contributed by atoms with Crippen LogP contribution in [0, 0.1) is 15.4 Å². The fraction of sp³-hybridized carbons (Fsp3) is 0.125. The molecule has 0 aliphatic carbocycles. The van der Waals surface area contributed by atoms with Gasteiger partial charge in [-0.3, -0.25) is 5.32 Å². The summed E-state index contributed by atoms with van der Waals surface area (Å²) in [7, 11) is 0. The van der Waals surface area contributed by atoms with Crippen molar-refractivity contribution in [1.29, 1.82) is 0 Å². The molecule has 2 nitrogen and oxygen atoms in total. The van der Waals surface area contributed by atoms with Gasteiger partial charge in [0.05, 0.1) is 9.61 Å². The minimum absolute atomic E-state index is 0.0811. The molecule has 2 aromatic rings. The van der Waals surface area contributed by atoms with Crippen molar-refractivity contribution in [2.75, 3.05) is 0 Å². The molecule has 94 valence electrons. The topological polar surface area (TPSA) is 32.3 Å². The number of rotatable bonds is 0. The monoisotopic (exact) mass is 361 g/mol. The molecule has 3 rings (SSSR count). The van der Waals surface area contributed by atoms with E-state index in [0.29, 0.717) is 0 Å². The van der Waals surface area contributed by atoms with E-state index in [9.17, 15) is 5.11 Å². The van der Waals surface area contributed by atoms with Crippen molar-refractivity contribution in [2.45, 2.75) is 12.6 Å². The molecular weight excluding hydrogens is 349 g/mol. The summed E-state index contributed by atoms with van der Waals surface area (Å²) in [5.74, 6) is 6.63. The van der Waals surface area contributed by atoms with E-state index in [1.165, 1.54) is 11.1 Å². The molecule has 0 spiro atoms. The lowest BCUT2D eigenvalue weighted by molar-refractivity contribution is 0.471. The lowest BCUT2D eigenvalue weighted by atomic mass is 10.1. The fourth-order valence-electron chi connectivity index (χ4n) is 2.17. The Morgan fingerprint density at radius 3 is 2.89 bits per heavy atom. The van der Waals surface area contributed by atoms with Crippen LogP contribution in [0.3, 0.4) is 0 Å². The summed E-state index contributed by atoms with van der Waals surface area (Å²) in [6.07, 6.45) is 0. The summed E-state index contributed by atoms with van der Waals surface area (Å²) in [5, 5.41) is 13.0. The highest BCUT2D eigenvalue weighted by molar-refractivity contribution is 14.1. The van der Waals surface area contributed by atoms with Crippen molar-refractivity contribution >= 4 is 22.6 Å². The van der Waals surface area contributed by atoms with Gasteiger partial charge in [-0.1, -0.05) is 36.1 Å². The third-order valence-corrected chi connectivity index (χ3v) is 4.08. The number of fused-ring (bicyclic) bond motifs is 1. The molecule has 3 heteroatoms. The minimum Gasteiger partial charge on any atom is -0.507 e. The van der Waals surface area contributed by atoms with Crippen LogP contribution >= 0.6 is 22.6 Å². The lowest BCUT2D eigenvalue weighted by Crippen LogP contribution is -2.09. The van der Waals surface area contributed by atoms with E-state index in [0.717, 1.165) is 15.7 Å². The van der Waals surface area contributed by atoms with E-state index in [4.69, 9.17) is 0 Å². The Kier molecular flexibility index (Phi) is 3.45. The second kappa shape index (κ2) is 5.24. The second-order valence-electron chi connectivity index (χ2n) is 4.45. The van der Waals surface area contributed by atoms with Crippen molar-refractivity contribution in [3.63, 3.8) is 0 Å². The van der Waals surface area contributed by atoms with Crippen LogP contribution in [0.1, 0.15) is 22.7 Å². The van der Waals surface area contributed by atoms with Crippen LogP contribution in [0.2, 0.25) is 0 Å². The first-order valence-corrected chi connectivity index (χ1v) is 7.13. The Balaban J connectivity index is 1.87. The summed E-state index contributed by atoms with van der Waals surface area (Å²) < 4.78 is 0.840. The lowest BCUT2D eigenvalue weighted by Gasteiger charge is -2.03. The maximum absolute atomic E-state index is 9.66. The molecule has 0 aromatic heterocycles. The van der Waals surface area contributed by atoms with Gasteiger partial charge in [0.2, 0.25) is 0 Å². The van der Waals surface area contributed by atoms with Gasteiger partial charge in [0, 0.05) is 12.1 Å². The standard InChI is InChI=1S/C16H12INO/c17-14-7-5-11(9-16(14)19)6-8-15-13-4-2-1-3-12(13)10-18-15/h1-5,7,9,15,18-19H,10H2. The number of nitrogens with one attached hydrogen (secondary N) is 1. The van der Waals surface area contributed by atoms with Gasteiger partial charge < -0.3 is 5.11 Å². The Bertz CT molecular complexity index is 685. The molecule has 0 fully saturated rings. The van der Waals surface area contributed by atoms with Gasteiger partial charge in [-0.25, -0.2) is 0 Å². The fourth-order valence-corrected chi connectivity index (χ4v) is 2.51. The van der Waals surface area contributed by atoms with Gasteiger partial charge in [0.25, 0.3) is 0 Å². The molecule has 19 heavy (non-hydrogen) atoms. The molecule has 0 saturated heterocycles. The van der Waals surface area contributed by atoms with Crippen LogP contribution in [0.4, 0.5) is 0 Å². The van der Waals surface area contributed by atoms with Crippen LogP contribution in [-0.4, -0.2) is 5.11 Å². The molecule has 1 heterocycles. The number of hydrogen-bond donors (Lipinski definition) is 2. The molecule has 0 radical (unpaired) electrons. The maximum Gasteiger partial charge on any atom is 0.130 e. The average molecular weight is 361 g/mol. The molecule has 0 saturated carbocycles. The number of phenols is 1. The Morgan fingerprint density at radius 1 is 1.21 bits per heavy atom. The van der Waals surface area contributed by atoms with E-state index in [1.54, 1.807) is 6.07 Å². The molecule has 1 atom stereocenters. The van der Waals surface area contributed by atoms with E-state index >= 15 is 0 Å². The molecule has 2 aromatic carbocycles. The third kappa shape index (κ3) is 2.60. The summed E-state index contributed by atoms with van der Waals surface area (Å²) in [4.78, 5) is 0. The highest BCUT2D eigenvalue weighted by atomic mass is 127. The predicted molar refractivity (Wildman–Crippen MR) is 83.7 cm³/mol. The van der Waals surface area contributed by atoms with Crippen LogP contribution in [0.15, 0.2) is 42.5 Å². The molecule has 0 bridgehead atoms. The van der Waals surface area contributed by atoms with E-state index in [1.807, 2.05) is 24.3 Å². The van der Waals surface area contributed by atoms with Crippen molar-refractivity contribution in [3.05, 3.63) is 62.7 Å². The Hall–Kier alpha value is -1.51. The molecular formula is C16H12INO. The Labute approximate surface area is 126 Å². The average Bonchev–Trinajstić information content (AvgIpc) is 2.83. The SMILES string of the molecule is Oc1cc(C#CC2NCc3ccccc32)ccc1I. The van der Waals surface area contributed by atoms with Gasteiger partial charge in [-0.2, -0.15) is 0 Å². The van der Waals surface area contributed by atoms with Crippen LogP contribution < -0.4 is 5.32 Å². The molecule has 1 aliphatic rings. The zero-order chi connectivity index (χ0) is 13.2. The zero-order valence-electron chi connectivity index (χ0n) is 10.2. The molecule has 2 N–H and O–H groups in total. The smallest absolute Gasteiger partial charge is 0.130 e. The number of phenolic OH excluding ortho intramolecular Hbond substituents is 1. The first kappa shape index (κ1) is 12.5. The second-order valence-corrected chi connectivity index (χ2v) is 5.61. The van der Waals surface area contributed by atoms with Crippen molar-refractivity contribution < 1.29 is 5.11 Å². The first-order valence-electron chi connectivity index (χ1n) is 6.05. The van der Waals surface area contributed by atoms with Gasteiger partial charge in [-0.05, 0) is 51.9 Å². The van der Waals surface area contributed by atoms with Crippen LogP contribution in [0.25, 0.3) is 0 Å². The number of hydrogen-bond acceptors (Lipinski definition) is 2. The highest BCUT2D eigenvalue weighted by Crippen LogP contribution is 2.24. The van der Waals surface area contributed by atoms with E-state index in [-0.39, 0.29) is 11.8 Å². The Morgan fingerprint density at radius 2 is 2.05 bits per heavy atom. The number of halogens is 1. The van der Waals surface area contributed by atoms with E-state index < -0.39 is 0 Å². The molecule has 1 aliphatic heterocycles. The molecule has 0 amide bonds. The van der Waals surface area contributed by atoms with Crippen LogP contribution in [-0.2, 0) is 6.54 Å². The number of benzene rings is 2. The summed E-state index contributed by atoms with van der Waals surface area (Å²) in [5.41, 5.74) is 3.40. The van der Waals surface area contributed by atoms with Crippen molar-refractivity contribution in [2.24, 2.45) is 0 Å². The van der Waals surface area contributed by atoms with E-state index in [2.05, 4.69) is 51.9 Å².